The van der Waals surface area contributed by atoms with Crippen LogP contribution in [-0.2, 0) is 40.9 Å². The Labute approximate surface area is 221 Å². The number of benzene rings is 4. The van der Waals surface area contributed by atoms with E-state index in [2.05, 4.69) is 67.5 Å². The smallest absolute Gasteiger partial charge is 0.000689 e. The lowest BCUT2D eigenvalue weighted by molar-refractivity contribution is 0.327. The van der Waals surface area contributed by atoms with Crippen LogP contribution in [0, 0.1) is 0 Å². The molecule has 5 aliphatic carbocycles. The van der Waals surface area contributed by atoms with Crippen molar-refractivity contribution in [1.29, 1.82) is 0 Å². The second kappa shape index (κ2) is 5.80. The first-order valence-electron chi connectivity index (χ1n) is 14.9. The highest BCUT2D eigenvalue weighted by Crippen LogP contribution is 2.63. The van der Waals surface area contributed by atoms with Crippen molar-refractivity contribution in [2.24, 2.45) is 0 Å². The van der Waals surface area contributed by atoms with E-state index in [9.17, 15) is 0 Å². The third kappa shape index (κ3) is 2.17. The average molecular weight is 485 g/mol. The molecular weight excluding hydrogens is 444 g/mol. The Kier molecular flexibility index (Phi) is 3.38. The first-order chi connectivity index (χ1) is 17.3. The lowest BCUT2D eigenvalue weighted by Gasteiger charge is -2.45. The van der Waals surface area contributed by atoms with Crippen LogP contribution >= 0.6 is 0 Å². The maximum absolute atomic E-state index is 2.56. The van der Waals surface area contributed by atoms with Crippen LogP contribution in [0.15, 0.2) is 12.1 Å². The van der Waals surface area contributed by atoms with Gasteiger partial charge in [-0.1, -0.05) is 67.5 Å². The van der Waals surface area contributed by atoms with Crippen LogP contribution in [-0.4, -0.2) is 0 Å². The first-order valence-corrected chi connectivity index (χ1v) is 14.9. The van der Waals surface area contributed by atoms with Gasteiger partial charge in [-0.15, -0.1) is 0 Å². The molecule has 0 spiro atoms. The fourth-order valence-electron chi connectivity index (χ4n) is 10.4. The van der Waals surface area contributed by atoms with Gasteiger partial charge in [-0.3, -0.25) is 0 Å². The Hall–Kier alpha value is -2.34. The molecule has 188 valence electrons. The molecule has 0 unspecified atom stereocenters. The van der Waals surface area contributed by atoms with E-state index in [4.69, 9.17) is 0 Å². The quantitative estimate of drug-likeness (QED) is 0.188. The van der Waals surface area contributed by atoms with Gasteiger partial charge in [-0.25, -0.2) is 0 Å². The summed E-state index contributed by atoms with van der Waals surface area (Å²) in [6, 6.07) is 5.03. The summed E-state index contributed by atoms with van der Waals surface area (Å²) in [5, 5.41) is 10.0. The van der Waals surface area contributed by atoms with E-state index in [0.29, 0.717) is 0 Å². The van der Waals surface area contributed by atoms with Gasteiger partial charge >= 0.3 is 0 Å². The van der Waals surface area contributed by atoms with Gasteiger partial charge in [-0.05, 0) is 155 Å². The Morgan fingerprint density at radius 2 is 0.649 bits per heavy atom. The monoisotopic (exact) mass is 484 g/mol. The van der Waals surface area contributed by atoms with Crippen LogP contribution in [0.2, 0.25) is 0 Å². The van der Waals surface area contributed by atoms with Gasteiger partial charge in [0, 0.05) is 0 Å². The molecule has 0 radical (unpaired) electrons. The SMILES string of the molecule is CC1(C)CCC(C)(C)c2c1c1c3c4c(ccc5c4c4c(c6c(c7c4c3c2C7)C(C)(C)CCC6(C)C)C5)C1. The summed E-state index contributed by atoms with van der Waals surface area (Å²) in [6.07, 6.45) is 8.63. The van der Waals surface area contributed by atoms with Crippen LogP contribution in [0.3, 0.4) is 0 Å². The molecule has 0 bridgehead atoms. The largest absolute Gasteiger partial charge is 0.0578 e. The van der Waals surface area contributed by atoms with E-state index < -0.39 is 0 Å². The maximum atomic E-state index is 2.56. The van der Waals surface area contributed by atoms with Gasteiger partial charge in [-0.2, -0.15) is 0 Å². The molecule has 37 heavy (non-hydrogen) atoms. The zero-order valence-electron chi connectivity index (χ0n) is 24.1. The third-order valence-electron chi connectivity index (χ3n) is 12.1. The normalized spacial score (nSPS) is 23.8. The standard InChI is InChI=1S/C37H40/c1-34(2)11-13-36(5,6)32-22-17-23-29-27-21(31-33(23)37(7,8)14-12-35(31,3)4)16-19-10-9-18-15-20(30(32)34)26(28(22)29)24(18)25(19)27/h9-10H,11-17H2,1-8H3. The van der Waals surface area contributed by atoms with Crippen molar-refractivity contribution in [2.75, 3.05) is 0 Å². The van der Waals surface area contributed by atoms with Gasteiger partial charge < -0.3 is 0 Å². The summed E-state index contributed by atoms with van der Waals surface area (Å²) in [7, 11) is 0. The zero-order valence-corrected chi connectivity index (χ0v) is 24.1. The Bertz CT molecular complexity index is 1700. The first kappa shape index (κ1) is 21.6. The molecule has 4 aromatic carbocycles. The van der Waals surface area contributed by atoms with E-state index in [-0.39, 0.29) is 21.7 Å². The van der Waals surface area contributed by atoms with E-state index in [1.807, 2.05) is 0 Å². The maximum Gasteiger partial charge on any atom is -0.000689 e. The minimum atomic E-state index is 0.242. The molecule has 0 heterocycles. The molecule has 0 nitrogen and oxygen atoms in total. The van der Waals surface area contributed by atoms with Crippen molar-refractivity contribution in [3.05, 3.63) is 67.8 Å². The van der Waals surface area contributed by atoms with Crippen LogP contribution in [0.25, 0.3) is 32.3 Å². The lowest BCUT2D eigenvalue weighted by Crippen LogP contribution is -2.36. The summed E-state index contributed by atoms with van der Waals surface area (Å²) in [5.41, 5.74) is 18.0. The van der Waals surface area contributed by atoms with Crippen molar-refractivity contribution < 1.29 is 0 Å². The van der Waals surface area contributed by atoms with Gasteiger partial charge in [0.2, 0.25) is 0 Å². The Morgan fingerprint density at radius 1 is 0.378 bits per heavy atom. The van der Waals surface area contributed by atoms with E-state index in [1.165, 1.54) is 25.7 Å². The molecular formula is C37H40. The molecule has 0 atom stereocenters. The minimum absolute atomic E-state index is 0.242. The Balaban J connectivity index is 1.60. The molecule has 0 heteroatoms. The molecule has 4 aromatic rings. The molecule has 0 N–H and O–H groups in total. The number of hydrogen-bond acceptors (Lipinski definition) is 0. The average Bonchev–Trinajstić information content (AvgIpc) is 3.48. The highest BCUT2D eigenvalue weighted by molar-refractivity contribution is 6.34. The minimum Gasteiger partial charge on any atom is -0.0578 e. The van der Waals surface area contributed by atoms with E-state index in [1.54, 1.807) is 88.0 Å². The lowest BCUT2D eigenvalue weighted by atomic mass is 9.59. The second-order valence-corrected chi connectivity index (χ2v) is 16.1. The molecule has 0 aliphatic heterocycles. The molecule has 9 rings (SSSR count). The molecule has 0 aromatic heterocycles. The molecule has 0 saturated heterocycles. The highest BCUT2D eigenvalue weighted by Gasteiger charge is 2.48. The second-order valence-electron chi connectivity index (χ2n) is 16.1. The number of fused-ring (bicyclic) bond motifs is 6. The van der Waals surface area contributed by atoms with Gasteiger partial charge in [0.25, 0.3) is 0 Å². The molecule has 0 fully saturated rings. The van der Waals surface area contributed by atoms with Gasteiger partial charge in [0.1, 0.15) is 0 Å². The summed E-state index contributed by atoms with van der Waals surface area (Å²) in [4.78, 5) is 0. The number of hydrogen-bond donors (Lipinski definition) is 0. The van der Waals surface area contributed by atoms with Crippen molar-refractivity contribution >= 4 is 32.3 Å². The Morgan fingerprint density at radius 3 is 0.973 bits per heavy atom. The van der Waals surface area contributed by atoms with E-state index >= 15 is 0 Å². The summed E-state index contributed by atoms with van der Waals surface area (Å²) in [6.45, 7) is 20.4. The van der Waals surface area contributed by atoms with Crippen molar-refractivity contribution in [3.8, 4) is 0 Å². The third-order valence-corrected chi connectivity index (χ3v) is 12.1. The van der Waals surface area contributed by atoms with Crippen LogP contribution < -0.4 is 0 Å². The van der Waals surface area contributed by atoms with E-state index in [0.717, 1.165) is 19.3 Å². The van der Waals surface area contributed by atoms with Crippen molar-refractivity contribution in [2.45, 2.75) is 122 Å². The van der Waals surface area contributed by atoms with Gasteiger partial charge in [0.15, 0.2) is 0 Å². The molecule has 5 aliphatic rings. The fourth-order valence-corrected chi connectivity index (χ4v) is 10.4. The predicted molar refractivity (Wildman–Crippen MR) is 158 cm³/mol. The topological polar surface area (TPSA) is 0 Å². The van der Waals surface area contributed by atoms with Crippen LogP contribution in [0.5, 0.6) is 0 Å². The van der Waals surface area contributed by atoms with Crippen molar-refractivity contribution in [3.63, 3.8) is 0 Å². The summed E-state index contributed by atoms with van der Waals surface area (Å²) < 4.78 is 0. The van der Waals surface area contributed by atoms with Gasteiger partial charge in [0.05, 0.1) is 0 Å². The van der Waals surface area contributed by atoms with Crippen LogP contribution in [0.1, 0.15) is 137 Å². The molecule has 0 saturated carbocycles. The van der Waals surface area contributed by atoms with Crippen LogP contribution in [0.4, 0.5) is 0 Å². The van der Waals surface area contributed by atoms with Crippen molar-refractivity contribution in [1.82, 2.24) is 0 Å². The highest BCUT2D eigenvalue weighted by atomic mass is 14.5. The molecule has 0 amide bonds. The number of rotatable bonds is 0. The summed E-state index contributed by atoms with van der Waals surface area (Å²) in [5.74, 6) is 0. The zero-order chi connectivity index (χ0) is 25.6. The summed E-state index contributed by atoms with van der Waals surface area (Å²) >= 11 is 0. The predicted octanol–water partition coefficient (Wildman–Crippen LogP) is 9.56. The fraction of sp³-hybridized carbons (Fsp3) is 0.514.